The van der Waals surface area contributed by atoms with Crippen LogP contribution in [0.3, 0.4) is 0 Å². The zero-order valence-corrected chi connectivity index (χ0v) is 13.7. The molecule has 0 fully saturated rings. The van der Waals surface area contributed by atoms with Gasteiger partial charge < -0.3 is 10.5 Å². The first-order valence-corrected chi connectivity index (χ1v) is 7.20. The van der Waals surface area contributed by atoms with E-state index in [1.54, 1.807) is 0 Å². The molecule has 23 heavy (non-hydrogen) atoms. The van der Waals surface area contributed by atoms with Crippen LogP contribution >= 0.6 is 23.2 Å². The molecule has 0 saturated heterocycles. The van der Waals surface area contributed by atoms with Crippen molar-refractivity contribution in [2.24, 2.45) is 0 Å². The van der Waals surface area contributed by atoms with Gasteiger partial charge in [-0.3, -0.25) is 0 Å². The summed E-state index contributed by atoms with van der Waals surface area (Å²) in [5, 5.41) is -0.148. The zero-order valence-electron chi connectivity index (χ0n) is 12.2. The Labute approximate surface area is 141 Å². The predicted molar refractivity (Wildman–Crippen MR) is 84.9 cm³/mol. The number of aromatic nitrogens is 1. The molecule has 4 nitrogen and oxygen atoms in total. The van der Waals surface area contributed by atoms with Gasteiger partial charge in [-0.25, -0.2) is 18.6 Å². The summed E-state index contributed by atoms with van der Waals surface area (Å²) in [4.78, 5) is 15.7. The number of hydrogen-bond donors (Lipinski definition) is 1. The van der Waals surface area contributed by atoms with Crippen molar-refractivity contribution < 1.29 is 18.3 Å². The van der Waals surface area contributed by atoms with Gasteiger partial charge in [0, 0.05) is 16.1 Å². The molecule has 0 saturated carbocycles. The topological polar surface area (TPSA) is 65.2 Å². The van der Waals surface area contributed by atoms with Gasteiger partial charge in [0.1, 0.15) is 12.0 Å². The molecule has 8 heteroatoms. The quantitative estimate of drug-likeness (QED) is 0.812. The summed E-state index contributed by atoms with van der Waals surface area (Å²) in [7, 11) is 1.15. The van der Waals surface area contributed by atoms with E-state index in [1.165, 1.54) is 18.2 Å². The van der Waals surface area contributed by atoms with Gasteiger partial charge in [-0.05, 0) is 25.1 Å². The molecule has 0 aliphatic rings. The lowest BCUT2D eigenvalue weighted by Crippen LogP contribution is -2.08. The monoisotopic (exact) mass is 360 g/mol. The standard InChI is InChI=1S/C15H12Cl2F2N2O2/c1-6(18)11-8(16)4-3-7(13(11)19)10-5-9(20)12(17)14(21-10)15(22)23-2/h3-6H,1-2H3,(H2,20,21). The average Bonchev–Trinajstić information content (AvgIpc) is 2.49. The van der Waals surface area contributed by atoms with E-state index in [1.807, 2.05) is 0 Å². The van der Waals surface area contributed by atoms with E-state index in [0.29, 0.717) is 0 Å². The highest BCUT2D eigenvalue weighted by molar-refractivity contribution is 6.35. The molecular formula is C15H12Cl2F2N2O2. The van der Waals surface area contributed by atoms with Gasteiger partial charge in [0.2, 0.25) is 0 Å². The van der Waals surface area contributed by atoms with Crippen LogP contribution in [0.1, 0.15) is 29.1 Å². The van der Waals surface area contributed by atoms with Crippen LogP contribution in [0.25, 0.3) is 11.3 Å². The summed E-state index contributed by atoms with van der Waals surface area (Å²) < 4.78 is 32.7. The number of anilines is 1. The van der Waals surface area contributed by atoms with Crippen LogP contribution in [0.2, 0.25) is 10.0 Å². The Balaban J connectivity index is 2.71. The first kappa shape index (κ1) is 17.4. The summed E-state index contributed by atoms with van der Waals surface area (Å²) in [5.41, 5.74) is 5.16. The SMILES string of the molecule is COC(=O)c1nc(-c2ccc(Cl)c(C(C)F)c2F)cc(N)c1Cl. The van der Waals surface area contributed by atoms with Crippen LogP contribution in [0, 0.1) is 5.82 Å². The molecule has 1 unspecified atom stereocenters. The third kappa shape index (κ3) is 3.23. The van der Waals surface area contributed by atoms with Crippen LogP contribution in [-0.2, 0) is 4.74 Å². The van der Waals surface area contributed by atoms with Crippen molar-refractivity contribution in [3.05, 3.63) is 45.3 Å². The summed E-state index contributed by atoms with van der Waals surface area (Å²) in [6.45, 7) is 1.16. The molecule has 0 aliphatic carbocycles. The molecule has 2 aromatic rings. The van der Waals surface area contributed by atoms with E-state index in [9.17, 15) is 13.6 Å². The van der Waals surface area contributed by atoms with Crippen molar-refractivity contribution >= 4 is 34.9 Å². The Bertz CT molecular complexity index is 783. The van der Waals surface area contributed by atoms with E-state index in [2.05, 4.69) is 9.72 Å². The maximum Gasteiger partial charge on any atom is 0.358 e. The lowest BCUT2D eigenvalue weighted by atomic mass is 10.0. The molecule has 0 radical (unpaired) electrons. The minimum atomic E-state index is -1.62. The maximum atomic E-state index is 14.6. The highest BCUT2D eigenvalue weighted by atomic mass is 35.5. The summed E-state index contributed by atoms with van der Waals surface area (Å²) >= 11 is 11.7. The fourth-order valence-corrected chi connectivity index (χ4v) is 2.52. The number of alkyl halides is 1. The molecule has 0 amide bonds. The fourth-order valence-electron chi connectivity index (χ4n) is 2.05. The van der Waals surface area contributed by atoms with Crippen LogP contribution in [0.5, 0.6) is 0 Å². The number of ether oxygens (including phenoxy) is 1. The molecule has 1 atom stereocenters. The number of hydrogen-bond acceptors (Lipinski definition) is 4. The second-order valence-electron chi connectivity index (χ2n) is 4.69. The third-order valence-corrected chi connectivity index (χ3v) is 3.89. The van der Waals surface area contributed by atoms with Crippen molar-refractivity contribution in [1.29, 1.82) is 0 Å². The highest BCUT2D eigenvalue weighted by Gasteiger charge is 2.22. The lowest BCUT2D eigenvalue weighted by molar-refractivity contribution is 0.0594. The number of carbonyl (C=O) groups excluding carboxylic acids is 1. The third-order valence-electron chi connectivity index (χ3n) is 3.16. The first-order valence-electron chi connectivity index (χ1n) is 6.44. The smallest absolute Gasteiger partial charge is 0.358 e. The van der Waals surface area contributed by atoms with Crippen molar-refractivity contribution in [3.63, 3.8) is 0 Å². The fraction of sp³-hybridized carbons (Fsp3) is 0.200. The highest BCUT2D eigenvalue weighted by Crippen LogP contribution is 2.36. The normalized spacial score (nSPS) is 12.1. The summed E-state index contributed by atoms with van der Waals surface area (Å²) in [5.74, 6) is -1.70. The van der Waals surface area contributed by atoms with Crippen molar-refractivity contribution in [2.45, 2.75) is 13.1 Å². The molecule has 1 aromatic heterocycles. The van der Waals surface area contributed by atoms with Gasteiger partial charge in [0.05, 0.1) is 23.5 Å². The van der Waals surface area contributed by atoms with E-state index >= 15 is 0 Å². The van der Waals surface area contributed by atoms with Crippen molar-refractivity contribution in [2.75, 3.05) is 12.8 Å². The zero-order chi connectivity index (χ0) is 17.3. The van der Waals surface area contributed by atoms with Crippen molar-refractivity contribution in [1.82, 2.24) is 4.98 Å². The number of methoxy groups -OCH3 is 1. The Morgan fingerprint density at radius 2 is 2.04 bits per heavy atom. The van der Waals surface area contributed by atoms with Gasteiger partial charge in [-0.15, -0.1) is 0 Å². The molecule has 2 N–H and O–H groups in total. The molecule has 0 aliphatic heterocycles. The Morgan fingerprint density at radius 1 is 1.39 bits per heavy atom. The first-order chi connectivity index (χ1) is 10.8. The average molecular weight is 361 g/mol. The van der Waals surface area contributed by atoms with Gasteiger partial charge in [-0.1, -0.05) is 23.2 Å². The maximum absolute atomic E-state index is 14.6. The molecule has 0 spiro atoms. The molecule has 1 aromatic carbocycles. The van der Waals surface area contributed by atoms with Crippen LogP contribution in [0.15, 0.2) is 18.2 Å². The number of halogens is 4. The predicted octanol–water partition coefficient (Wildman–Crippen LogP) is 4.59. The lowest BCUT2D eigenvalue weighted by Gasteiger charge is -2.13. The number of benzene rings is 1. The van der Waals surface area contributed by atoms with Crippen LogP contribution in [0.4, 0.5) is 14.5 Å². The second kappa shape index (κ2) is 6.68. The number of nitrogens with two attached hydrogens (primary N) is 1. The number of pyridine rings is 1. The molecule has 122 valence electrons. The summed E-state index contributed by atoms with van der Waals surface area (Å²) in [6, 6.07) is 3.95. The summed E-state index contributed by atoms with van der Waals surface area (Å²) in [6.07, 6.45) is -1.62. The van der Waals surface area contributed by atoms with Gasteiger partial charge in [-0.2, -0.15) is 0 Å². The van der Waals surface area contributed by atoms with Crippen LogP contribution in [-0.4, -0.2) is 18.1 Å². The van der Waals surface area contributed by atoms with Gasteiger partial charge in [0.15, 0.2) is 5.69 Å². The van der Waals surface area contributed by atoms with E-state index in [0.717, 1.165) is 14.0 Å². The number of esters is 1. The minimum Gasteiger partial charge on any atom is -0.464 e. The van der Waals surface area contributed by atoms with Crippen LogP contribution < -0.4 is 5.73 Å². The largest absolute Gasteiger partial charge is 0.464 e. The minimum absolute atomic E-state index is 0.0151. The van der Waals surface area contributed by atoms with E-state index in [-0.39, 0.29) is 38.2 Å². The van der Waals surface area contributed by atoms with Gasteiger partial charge >= 0.3 is 5.97 Å². The molecule has 2 rings (SSSR count). The number of nitrogen functional groups attached to an aromatic ring is 1. The van der Waals surface area contributed by atoms with E-state index in [4.69, 9.17) is 28.9 Å². The van der Waals surface area contributed by atoms with Crippen molar-refractivity contribution in [3.8, 4) is 11.3 Å². The molecular weight excluding hydrogens is 349 g/mol. The number of rotatable bonds is 3. The van der Waals surface area contributed by atoms with Gasteiger partial charge in [0.25, 0.3) is 0 Å². The Kier molecular flexibility index (Phi) is 5.06. The number of nitrogens with zero attached hydrogens (tertiary/aromatic N) is 1. The van der Waals surface area contributed by atoms with E-state index < -0.39 is 18.0 Å². The Hall–Kier alpha value is -1.92. The molecule has 0 bridgehead atoms. The molecule has 1 heterocycles. The Morgan fingerprint density at radius 3 is 2.61 bits per heavy atom. The second-order valence-corrected chi connectivity index (χ2v) is 5.47. The number of carbonyl (C=O) groups is 1.